The number of nitrogens with two attached hydrogens (primary N) is 1. The fourth-order valence-corrected chi connectivity index (χ4v) is 4.75. The summed E-state index contributed by atoms with van der Waals surface area (Å²) in [6.07, 6.45) is 1.96. The maximum absolute atomic E-state index is 13.1. The minimum atomic E-state index is -0.140. The van der Waals surface area contributed by atoms with Gasteiger partial charge < -0.3 is 20.7 Å². The van der Waals surface area contributed by atoms with E-state index < -0.39 is 0 Å². The quantitative estimate of drug-likeness (QED) is 0.814. The van der Waals surface area contributed by atoms with Crippen LogP contribution < -0.4 is 11.1 Å². The molecule has 0 bridgehead atoms. The van der Waals surface area contributed by atoms with Crippen molar-refractivity contribution < 1.29 is 9.53 Å². The van der Waals surface area contributed by atoms with E-state index in [4.69, 9.17) is 10.5 Å². The number of nitrogens with one attached hydrogen (secondary N) is 1. The third-order valence-corrected chi connectivity index (χ3v) is 6.44. The Bertz CT molecular complexity index is 859. The van der Waals surface area contributed by atoms with Crippen LogP contribution >= 0.6 is 0 Å². The fourth-order valence-electron chi connectivity index (χ4n) is 4.75. The van der Waals surface area contributed by atoms with Crippen LogP contribution in [0.3, 0.4) is 0 Å². The van der Waals surface area contributed by atoms with E-state index in [9.17, 15) is 4.79 Å². The highest BCUT2D eigenvalue weighted by atomic mass is 16.5. The number of rotatable bonds is 2. The third kappa shape index (κ3) is 3.13. The van der Waals surface area contributed by atoms with E-state index in [-0.39, 0.29) is 23.5 Å². The van der Waals surface area contributed by atoms with Crippen molar-refractivity contribution in [3.63, 3.8) is 0 Å². The molecule has 4 heterocycles. The van der Waals surface area contributed by atoms with Crippen LogP contribution in [0.1, 0.15) is 40.5 Å². The second-order valence-electron chi connectivity index (χ2n) is 8.29. The van der Waals surface area contributed by atoms with E-state index in [0.717, 1.165) is 38.2 Å². The second-order valence-corrected chi connectivity index (χ2v) is 8.29. The number of carbonyl (C=O) groups excluding carboxylic acids is 1. The summed E-state index contributed by atoms with van der Waals surface area (Å²) in [5.41, 5.74) is 8.90. The van der Waals surface area contributed by atoms with Gasteiger partial charge in [0.25, 0.3) is 5.91 Å². The lowest BCUT2D eigenvalue weighted by Crippen LogP contribution is -2.49. The van der Waals surface area contributed by atoms with Crippen LogP contribution in [0, 0.1) is 0 Å². The van der Waals surface area contributed by atoms with Crippen LogP contribution in [-0.2, 0) is 17.9 Å². The molecule has 7 heteroatoms. The zero-order chi connectivity index (χ0) is 19.1. The van der Waals surface area contributed by atoms with Gasteiger partial charge in [-0.1, -0.05) is 30.3 Å². The Hall–Kier alpha value is -2.22. The Morgan fingerprint density at radius 3 is 2.79 bits per heavy atom. The van der Waals surface area contributed by atoms with Crippen molar-refractivity contribution in [2.75, 3.05) is 26.2 Å². The summed E-state index contributed by atoms with van der Waals surface area (Å²) in [6.45, 7) is 4.38. The molecule has 2 saturated heterocycles. The summed E-state index contributed by atoms with van der Waals surface area (Å²) in [5, 5.41) is 8.03. The molecule has 3 aliphatic rings. The molecule has 3 N–H and O–H groups in total. The van der Waals surface area contributed by atoms with Crippen LogP contribution in [0.25, 0.3) is 0 Å². The number of ether oxygens (including phenoxy) is 1. The molecule has 0 unspecified atom stereocenters. The zero-order valence-corrected chi connectivity index (χ0v) is 16.0. The van der Waals surface area contributed by atoms with Crippen molar-refractivity contribution in [1.29, 1.82) is 0 Å². The zero-order valence-electron chi connectivity index (χ0n) is 16.0. The fraction of sp³-hybridized carbons (Fsp3) is 0.524. The lowest BCUT2D eigenvalue weighted by Gasteiger charge is -2.40. The summed E-state index contributed by atoms with van der Waals surface area (Å²) in [6, 6.07) is 12.1. The number of hydrogen-bond donors (Lipinski definition) is 2. The Labute approximate surface area is 164 Å². The summed E-state index contributed by atoms with van der Waals surface area (Å²) in [4.78, 5) is 14.9. The van der Waals surface area contributed by atoms with Gasteiger partial charge in [0.15, 0.2) is 5.69 Å². The van der Waals surface area contributed by atoms with Gasteiger partial charge in [-0.15, -0.1) is 0 Å². The number of benzene rings is 1. The van der Waals surface area contributed by atoms with Gasteiger partial charge >= 0.3 is 0 Å². The molecule has 1 aromatic heterocycles. The highest BCUT2D eigenvalue weighted by Gasteiger charge is 2.39. The van der Waals surface area contributed by atoms with E-state index in [2.05, 4.69) is 22.5 Å². The van der Waals surface area contributed by atoms with Crippen molar-refractivity contribution in [3.05, 3.63) is 53.3 Å². The van der Waals surface area contributed by atoms with Crippen LogP contribution in [-0.4, -0.2) is 58.4 Å². The molecule has 5 rings (SSSR count). The first-order chi connectivity index (χ1) is 13.6. The maximum Gasteiger partial charge on any atom is 0.274 e. The molecule has 0 aliphatic carbocycles. The lowest BCUT2D eigenvalue weighted by molar-refractivity contribution is -0.109. The average molecular weight is 381 g/mol. The van der Waals surface area contributed by atoms with Gasteiger partial charge in [-0.2, -0.15) is 5.10 Å². The largest absolute Gasteiger partial charge is 0.367 e. The van der Waals surface area contributed by atoms with E-state index in [0.29, 0.717) is 25.4 Å². The van der Waals surface area contributed by atoms with E-state index in [1.54, 1.807) is 0 Å². The normalized spacial score (nSPS) is 26.4. The molecule has 148 valence electrons. The van der Waals surface area contributed by atoms with Crippen molar-refractivity contribution in [1.82, 2.24) is 20.0 Å². The summed E-state index contributed by atoms with van der Waals surface area (Å²) < 4.78 is 8.18. The van der Waals surface area contributed by atoms with Crippen LogP contribution in [0.2, 0.25) is 0 Å². The predicted molar refractivity (Wildman–Crippen MR) is 105 cm³/mol. The Kier molecular flexibility index (Phi) is 4.45. The predicted octanol–water partition coefficient (Wildman–Crippen LogP) is 1.10. The number of likely N-dealkylation sites (tertiary alicyclic amines) is 1. The summed E-state index contributed by atoms with van der Waals surface area (Å²) >= 11 is 0. The molecule has 2 atom stereocenters. The van der Waals surface area contributed by atoms with E-state index in [1.165, 1.54) is 5.56 Å². The minimum Gasteiger partial charge on any atom is -0.367 e. The number of amides is 1. The summed E-state index contributed by atoms with van der Waals surface area (Å²) in [5.74, 6) is 0.138. The highest BCUT2D eigenvalue weighted by Crippen LogP contribution is 2.32. The second kappa shape index (κ2) is 6.99. The maximum atomic E-state index is 13.1. The van der Waals surface area contributed by atoms with E-state index >= 15 is 0 Å². The monoisotopic (exact) mass is 381 g/mol. The molecule has 1 amide bonds. The van der Waals surface area contributed by atoms with Crippen molar-refractivity contribution in [2.24, 2.45) is 5.73 Å². The van der Waals surface area contributed by atoms with Gasteiger partial charge in [0.05, 0.1) is 24.4 Å². The molecule has 1 spiro atoms. The molecular formula is C21H27N5O2. The molecule has 0 radical (unpaired) electrons. The number of hydrogen-bond acceptors (Lipinski definition) is 5. The number of fused-ring (bicyclic) bond motifs is 1. The standard InChI is InChI=1S/C21H27N5O2/c22-18-12-25(11-17(18)15-4-2-1-3-5-15)20(27)19-10-16-13-28-21(14-26(16)24-19)6-8-23-9-7-21/h1-5,10,17-18,23H,6-9,11-14,22H2/t17-,18+/m0/s1. The first kappa shape index (κ1) is 17.8. The van der Waals surface area contributed by atoms with Crippen molar-refractivity contribution >= 4 is 5.91 Å². The number of carbonyl (C=O) groups is 1. The molecule has 7 nitrogen and oxygen atoms in total. The lowest BCUT2D eigenvalue weighted by atomic mass is 9.91. The number of nitrogens with zero attached hydrogens (tertiary/aromatic N) is 3. The van der Waals surface area contributed by atoms with Gasteiger partial charge in [0.1, 0.15) is 0 Å². The van der Waals surface area contributed by atoms with Gasteiger partial charge in [-0.25, -0.2) is 0 Å². The Morgan fingerprint density at radius 2 is 2.00 bits per heavy atom. The van der Waals surface area contributed by atoms with Crippen LogP contribution in [0.5, 0.6) is 0 Å². The molecule has 2 aromatic rings. The van der Waals surface area contributed by atoms with Gasteiger partial charge in [-0.3, -0.25) is 9.48 Å². The third-order valence-electron chi connectivity index (χ3n) is 6.44. The first-order valence-corrected chi connectivity index (χ1v) is 10.1. The topological polar surface area (TPSA) is 85.4 Å². The molecule has 1 aromatic carbocycles. The molecule has 3 aliphatic heterocycles. The average Bonchev–Trinajstić information content (AvgIpc) is 3.32. The molecule has 2 fully saturated rings. The summed E-state index contributed by atoms with van der Waals surface area (Å²) in [7, 11) is 0. The van der Waals surface area contributed by atoms with Gasteiger partial charge in [-0.05, 0) is 37.6 Å². The van der Waals surface area contributed by atoms with Crippen molar-refractivity contribution in [2.45, 2.75) is 43.6 Å². The number of aromatic nitrogens is 2. The Balaban J connectivity index is 1.32. The van der Waals surface area contributed by atoms with Crippen molar-refractivity contribution in [3.8, 4) is 0 Å². The van der Waals surface area contributed by atoms with Gasteiger partial charge in [0.2, 0.25) is 0 Å². The highest BCUT2D eigenvalue weighted by molar-refractivity contribution is 5.92. The number of piperidine rings is 1. The minimum absolute atomic E-state index is 0.0323. The van der Waals surface area contributed by atoms with Crippen LogP contribution in [0.15, 0.2) is 36.4 Å². The molecule has 28 heavy (non-hydrogen) atoms. The molecular weight excluding hydrogens is 354 g/mol. The Morgan fingerprint density at radius 1 is 1.21 bits per heavy atom. The van der Waals surface area contributed by atoms with E-state index in [1.807, 2.05) is 33.8 Å². The first-order valence-electron chi connectivity index (χ1n) is 10.1. The van der Waals surface area contributed by atoms with Crippen LogP contribution in [0.4, 0.5) is 0 Å². The smallest absolute Gasteiger partial charge is 0.274 e. The molecule has 0 saturated carbocycles. The SMILES string of the molecule is N[C@@H]1CN(C(=O)c2cc3n(n2)CC2(CCNCC2)OC3)C[C@H]1c1ccccc1. The van der Waals surface area contributed by atoms with Gasteiger partial charge in [0, 0.05) is 25.0 Å².